The van der Waals surface area contributed by atoms with E-state index in [0.29, 0.717) is 0 Å². The molecule has 0 saturated heterocycles. The van der Waals surface area contributed by atoms with Crippen molar-refractivity contribution in [3.8, 4) is 11.5 Å². The summed E-state index contributed by atoms with van der Waals surface area (Å²) in [5, 5.41) is 2.23. The minimum Gasteiger partial charge on any atom is -0.492 e. The lowest BCUT2D eigenvalue weighted by Crippen LogP contribution is -2.01. The van der Waals surface area contributed by atoms with Gasteiger partial charge in [0.1, 0.15) is 11.5 Å². The van der Waals surface area contributed by atoms with Gasteiger partial charge in [0.15, 0.2) is 0 Å². The Labute approximate surface area is 225 Å². The van der Waals surface area contributed by atoms with Gasteiger partial charge in [-0.15, -0.1) is 0 Å². The van der Waals surface area contributed by atoms with Crippen LogP contribution in [0.15, 0.2) is 33.2 Å². The Morgan fingerprint density at radius 1 is 0.471 bits per heavy atom. The lowest BCUT2D eigenvalue weighted by atomic mass is 10.1. The molecule has 0 amide bonds. The lowest BCUT2D eigenvalue weighted by Gasteiger charge is -2.16. The van der Waals surface area contributed by atoms with Gasteiger partial charge in [0, 0.05) is 10.8 Å². The lowest BCUT2D eigenvalue weighted by molar-refractivity contribution is 0.303. The molecule has 0 aliphatic heterocycles. The average Bonchev–Trinajstić information content (AvgIpc) is 2.84. The Bertz CT molecular complexity index is 739. The summed E-state index contributed by atoms with van der Waals surface area (Å²) in [5.41, 5.74) is 0. The third kappa shape index (κ3) is 10.9. The Morgan fingerprint density at radius 2 is 0.794 bits per heavy atom. The van der Waals surface area contributed by atoms with Crippen LogP contribution in [0.1, 0.15) is 117 Å². The first-order valence-electron chi connectivity index (χ1n) is 13.8. The molecule has 2 aromatic carbocycles. The largest absolute Gasteiger partial charge is 0.492 e. The third-order valence-electron chi connectivity index (χ3n) is 6.49. The molecule has 2 aromatic rings. The molecule has 0 fully saturated rings. The van der Waals surface area contributed by atoms with Gasteiger partial charge < -0.3 is 9.47 Å². The second-order valence-electron chi connectivity index (χ2n) is 9.49. The molecule has 0 radical (unpaired) electrons. The van der Waals surface area contributed by atoms with E-state index in [2.05, 4.69) is 70.0 Å². The zero-order valence-corrected chi connectivity index (χ0v) is 24.8. The Kier molecular flexibility index (Phi) is 16.1. The minimum absolute atomic E-state index is 0.761. The van der Waals surface area contributed by atoms with Gasteiger partial charge in [-0.1, -0.05) is 104 Å². The highest BCUT2D eigenvalue weighted by Gasteiger charge is 2.14. The third-order valence-corrected chi connectivity index (χ3v) is 7.74. The van der Waals surface area contributed by atoms with Crippen LogP contribution < -0.4 is 9.47 Å². The van der Waals surface area contributed by atoms with Gasteiger partial charge in [-0.2, -0.15) is 0 Å². The summed E-state index contributed by atoms with van der Waals surface area (Å²) >= 11 is 7.41. The molecule has 0 aromatic heterocycles. The van der Waals surface area contributed by atoms with Gasteiger partial charge >= 0.3 is 0 Å². The molecule has 2 nitrogen and oxygen atoms in total. The monoisotopic (exact) mass is 596 g/mol. The van der Waals surface area contributed by atoms with E-state index in [-0.39, 0.29) is 0 Å². The van der Waals surface area contributed by atoms with Crippen molar-refractivity contribution in [2.75, 3.05) is 13.2 Å². The normalized spacial score (nSPS) is 11.3. The fourth-order valence-electron chi connectivity index (χ4n) is 4.41. The van der Waals surface area contributed by atoms with Gasteiger partial charge in [0.25, 0.3) is 0 Å². The molecule has 0 N–H and O–H groups in total. The van der Waals surface area contributed by atoms with Crippen LogP contribution in [0.3, 0.4) is 0 Å². The highest BCUT2D eigenvalue weighted by molar-refractivity contribution is 9.11. The van der Waals surface area contributed by atoms with Crippen molar-refractivity contribution in [1.82, 2.24) is 0 Å². The van der Waals surface area contributed by atoms with E-state index in [0.717, 1.165) is 57.3 Å². The molecule has 0 heterocycles. The average molecular weight is 599 g/mol. The van der Waals surface area contributed by atoms with E-state index in [9.17, 15) is 0 Å². The van der Waals surface area contributed by atoms with E-state index in [1.807, 2.05) is 0 Å². The Balaban J connectivity index is 1.82. The van der Waals surface area contributed by atoms with Crippen LogP contribution >= 0.6 is 31.9 Å². The first kappa shape index (κ1) is 29.5. The first-order valence-corrected chi connectivity index (χ1v) is 15.4. The number of fused-ring (bicyclic) bond motifs is 1. The van der Waals surface area contributed by atoms with Gasteiger partial charge in [0.05, 0.1) is 22.2 Å². The maximum atomic E-state index is 6.27. The van der Waals surface area contributed by atoms with Crippen molar-refractivity contribution in [3.05, 3.63) is 33.2 Å². The van der Waals surface area contributed by atoms with Gasteiger partial charge in [-0.05, 0) is 69.0 Å². The summed E-state index contributed by atoms with van der Waals surface area (Å²) in [7, 11) is 0. The van der Waals surface area contributed by atoms with E-state index in [1.54, 1.807) is 0 Å². The number of hydrogen-bond acceptors (Lipinski definition) is 2. The van der Waals surface area contributed by atoms with Crippen LogP contribution in [0, 0.1) is 0 Å². The van der Waals surface area contributed by atoms with Crippen molar-refractivity contribution in [2.24, 2.45) is 0 Å². The fraction of sp³-hybridized carbons (Fsp3) is 0.667. The number of ether oxygens (including phenoxy) is 2. The molecule has 192 valence electrons. The van der Waals surface area contributed by atoms with E-state index >= 15 is 0 Å². The van der Waals surface area contributed by atoms with Crippen LogP contribution in [0.2, 0.25) is 0 Å². The van der Waals surface area contributed by atoms with Crippen molar-refractivity contribution >= 4 is 42.6 Å². The topological polar surface area (TPSA) is 18.5 Å². The van der Waals surface area contributed by atoms with Crippen molar-refractivity contribution in [1.29, 1.82) is 0 Å². The van der Waals surface area contributed by atoms with Crippen molar-refractivity contribution in [3.63, 3.8) is 0 Å². The van der Waals surface area contributed by atoms with Crippen LogP contribution in [0.5, 0.6) is 11.5 Å². The molecule has 2 rings (SSSR count). The summed E-state index contributed by atoms with van der Waals surface area (Å²) in [6.45, 7) is 6.07. The standard InChI is InChI=1S/C30H46Br2O2/c1-3-5-7-9-11-13-15-17-23-33-29-25-19-22-28(32)30(26(25)20-21-27(29)31)34-24-18-16-14-12-10-8-6-4-2/h19-22H,3-18,23-24H2,1-2H3. The summed E-state index contributed by atoms with van der Waals surface area (Å²) in [6.07, 6.45) is 20.9. The highest BCUT2D eigenvalue weighted by atomic mass is 79.9. The van der Waals surface area contributed by atoms with E-state index in [4.69, 9.17) is 9.47 Å². The zero-order chi connectivity index (χ0) is 24.4. The molecular weight excluding hydrogens is 552 g/mol. The molecule has 0 aliphatic rings. The number of rotatable bonds is 20. The number of benzene rings is 2. The number of halogens is 2. The number of unbranched alkanes of at least 4 members (excludes halogenated alkanes) is 14. The SMILES string of the molecule is CCCCCCCCCCOc1c(Br)ccc2c(OCCCCCCCCCC)c(Br)ccc12. The predicted octanol–water partition coefficient (Wildman–Crippen LogP) is 11.4. The second-order valence-corrected chi connectivity index (χ2v) is 11.2. The predicted molar refractivity (Wildman–Crippen MR) is 156 cm³/mol. The van der Waals surface area contributed by atoms with E-state index < -0.39 is 0 Å². The molecule has 0 saturated carbocycles. The van der Waals surface area contributed by atoms with E-state index in [1.165, 1.54) is 89.9 Å². The van der Waals surface area contributed by atoms with Gasteiger partial charge in [0.2, 0.25) is 0 Å². The van der Waals surface area contributed by atoms with Crippen molar-refractivity contribution < 1.29 is 9.47 Å². The molecule has 34 heavy (non-hydrogen) atoms. The minimum atomic E-state index is 0.761. The summed E-state index contributed by atoms with van der Waals surface area (Å²) in [5.74, 6) is 1.87. The smallest absolute Gasteiger partial charge is 0.141 e. The molecule has 0 bridgehead atoms. The Morgan fingerprint density at radius 3 is 1.15 bits per heavy atom. The second kappa shape index (κ2) is 18.5. The quantitative estimate of drug-likeness (QED) is 0.141. The Hall–Kier alpha value is -0.740. The van der Waals surface area contributed by atoms with Gasteiger partial charge in [-0.25, -0.2) is 0 Å². The molecule has 0 spiro atoms. The summed E-state index contributed by atoms with van der Waals surface area (Å²) < 4.78 is 14.6. The molecular formula is C30H46Br2O2. The van der Waals surface area contributed by atoms with Gasteiger partial charge in [-0.3, -0.25) is 0 Å². The number of hydrogen-bond donors (Lipinski definition) is 0. The molecule has 0 atom stereocenters. The van der Waals surface area contributed by atoms with Crippen LogP contribution in [0.25, 0.3) is 10.8 Å². The van der Waals surface area contributed by atoms with Crippen LogP contribution in [-0.4, -0.2) is 13.2 Å². The highest BCUT2D eigenvalue weighted by Crippen LogP contribution is 2.41. The summed E-state index contributed by atoms with van der Waals surface area (Å²) in [6, 6.07) is 8.44. The maximum Gasteiger partial charge on any atom is 0.141 e. The van der Waals surface area contributed by atoms with Crippen LogP contribution in [-0.2, 0) is 0 Å². The fourth-order valence-corrected chi connectivity index (χ4v) is 5.33. The van der Waals surface area contributed by atoms with Crippen molar-refractivity contribution in [2.45, 2.75) is 117 Å². The molecule has 0 unspecified atom stereocenters. The van der Waals surface area contributed by atoms with Crippen LogP contribution in [0.4, 0.5) is 0 Å². The first-order chi connectivity index (χ1) is 16.7. The zero-order valence-electron chi connectivity index (χ0n) is 21.6. The maximum absolute atomic E-state index is 6.27. The molecule has 0 aliphatic carbocycles. The summed E-state index contributed by atoms with van der Waals surface area (Å²) in [4.78, 5) is 0. The molecule has 4 heteroatoms.